The average molecular weight is 689 g/mol. The summed E-state index contributed by atoms with van der Waals surface area (Å²) < 4.78 is 0. The molecule has 54 heavy (non-hydrogen) atoms. The summed E-state index contributed by atoms with van der Waals surface area (Å²) in [5, 5.41) is 2.75. The van der Waals surface area contributed by atoms with Crippen LogP contribution in [0.1, 0.15) is 95.2 Å². The lowest BCUT2D eigenvalue weighted by Crippen LogP contribution is -2.32. The van der Waals surface area contributed by atoms with E-state index in [1.165, 1.54) is 111 Å². The van der Waals surface area contributed by atoms with Gasteiger partial charge in [-0.3, -0.25) is 0 Å². The molecular formula is C54H40. The fourth-order valence-corrected chi connectivity index (χ4v) is 11.4. The van der Waals surface area contributed by atoms with Crippen LogP contribution in [0.15, 0.2) is 158 Å². The van der Waals surface area contributed by atoms with Crippen molar-refractivity contribution in [2.75, 3.05) is 0 Å². The Morgan fingerprint density at radius 3 is 1.22 bits per heavy atom. The third-order valence-electron chi connectivity index (χ3n) is 13.7. The zero-order valence-corrected chi connectivity index (χ0v) is 31.2. The van der Waals surface area contributed by atoms with Crippen molar-refractivity contribution in [2.45, 2.75) is 50.4 Å². The van der Waals surface area contributed by atoms with Crippen LogP contribution in [-0.4, -0.2) is 0 Å². The van der Waals surface area contributed by atoms with E-state index in [2.05, 4.69) is 185 Å². The largest absolute Gasteiger partial charge is 0.0726 e. The van der Waals surface area contributed by atoms with E-state index < -0.39 is 10.8 Å². The quantitative estimate of drug-likeness (QED) is 0.170. The second-order valence-corrected chi connectivity index (χ2v) is 16.7. The molecule has 0 aromatic heterocycles. The molecule has 0 fully saturated rings. The molecule has 0 amide bonds. The van der Waals surface area contributed by atoms with Crippen molar-refractivity contribution in [1.82, 2.24) is 0 Å². The van der Waals surface area contributed by atoms with Gasteiger partial charge in [-0.1, -0.05) is 179 Å². The van der Waals surface area contributed by atoms with Crippen molar-refractivity contribution < 1.29 is 0 Å². The van der Waals surface area contributed by atoms with Crippen molar-refractivity contribution in [3.63, 3.8) is 0 Å². The molecule has 4 aliphatic carbocycles. The number of rotatable bonds is 2. The van der Waals surface area contributed by atoms with E-state index in [-0.39, 0.29) is 0 Å². The van der Waals surface area contributed by atoms with E-state index in [0.29, 0.717) is 11.8 Å². The Morgan fingerprint density at radius 1 is 0.315 bits per heavy atom. The van der Waals surface area contributed by atoms with Gasteiger partial charge in [-0.25, -0.2) is 0 Å². The molecule has 0 saturated carbocycles. The molecule has 0 aliphatic heterocycles. The Morgan fingerprint density at radius 2 is 0.722 bits per heavy atom. The third kappa shape index (κ3) is 3.38. The van der Waals surface area contributed by atoms with Gasteiger partial charge in [0.1, 0.15) is 0 Å². The Labute approximate surface area is 317 Å². The van der Waals surface area contributed by atoms with Gasteiger partial charge in [0.25, 0.3) is 0 Å². The Kier molecular flexibility index (Phi) is 5.85. The molecule has 0 unspecified atom stereocenters. The highest BCUT2D eigenvalue weighted by molar-refractivity contribution is 6.15. The van der Waals surface area contributed by atoms with E-state index in [1.54, 1.807) is 0 Å². The molecule has 8 aromatic carbocycles. The lowest BCUT2D eigenvalue weighted by atomic mass is 9.60. The highest BCUT2D eigenvalue weighted by Crippen LogP contribution is 2.68. The number of benzene rings is 8. The zero-order chi connectivity index (χ0) is 36.1. The smallest absolute Gasteiger partial charge is 0.0619 e. The molecule has 12 rings (SSSR count). The minimum Gasteiger partial charge on any atom is -0.0619 e. The first-order valence-electron chi connectivity index (χ1n) is 19.7. The minimum absolute atomic E-state index is 0.413. The van der Waals surface area contributed by atoms with Gasteiger partial charge in [0, 0.05) is 0 Å². The monoisotopic (exact) mass is 688 g/mol. The summed E-state index contributed by atoms with van der Waals surface area (Å²) in [5.41, 5.74) is 24.0. The summed E-state index contributed by atoms with van der Waals surface area (Å²) in [4.78, 5) is 0. The van der Waals surface area contributed by atoms with E-state index in [1.807, 2.05) is 0 Å². The highest BCUT2D eigenvalue weighted by atomic mass is 14.6. The highest BCUT2D eigenvalue weighted by Gasteiger charge is 2.55. The van der Waals surface area contributed by atoms with Crippen LogP contribution in [-0.2, 0) is 10.8 Å². The van der Waals surface area contributed by atoms with Crippen LogP contribution in [0.25, 0.3) is 55.3 Å². The first-order chi connectivity index (χ1) is 26.5. The lowest BCUT2D eigenvalue weighted by Gasteiger charge is -2.41. The molecule has 0 heterocycles. The minimum atomic E-state index is -0.429. The van der Waals surface area contributed by atoms with Crippen molar-refractivity contribution in [2.24, 2.45) is 0 Å². The van der Waals surface area contributed by atoms with Crippen molar-refractivity contribution in [1.29, 1.82) is 0 Å². The Bertz CT molecular complexity index is 2860. The summed E-state index contributed by atoms with van der Waals surface area (Å²) in [7, 11) is 0. The fourth-order valence-electron chi connectivity index (χ4n) is 11.4. The number of hydrogen-bond acceptors (Lipinski definition) is 0. The van der Waals surface area contributed by atoms with Crippen molar-refractivity contribution in [3.8, 4) is 44.5 Å². The Hall–Kier alpha value is -5.98. The second kappa shape index (κ2) is 10.4. The van der Waals surface area contributed by atoms with Crippen LogP contribution in [0.5, 0.6) is 0 Å². The predicted molar refractivity (Wildman–Crippen MR) is 225 cm³/mol. The SMILES string of the molecule is CC(C)c1ccc2c(c1)C1(c3ccccc3-c3ccccc31)c1cc3c4c(cccc4c1-2)C1(c2ccccc2-c2ccccc21)c1cc(C(C)C)ccc1-3. The lowest BCUT2D eigenvalue weighted by molar-refractivity contribution is 0.763. The topological polar surface area (TPSA) is 0 Å². The first kappa shape index (κ1) is 30.5. The predicted octanol–water partition coefficient (Wildman–Crippen LogP) is 13.8. The van der Waals surface area contributed by atoms with Gasteiger partial charge < -0.3 is 0 Å². The number of fused-ring (bicyclic) bond motifs is 20. The van der Waals surface area contributed by atoms with E-state index in [0.717, 1.165) is 0 Å². The van der Waals surface area contributed by atoms with Gasteiger partial charge in [-0.2, -0.15) is 0 Å². The van der Waals surface area contributed by atoms with Gasteiger partial charge in [0.05, 0.1) is 10.8 Å². The molecule has 0 atom stereocenters. The van der Waals surface area contributed by atoms with Gasteiger partial charge in [0.15, 0.2) is 0 Å². The van der Waals surface area contributed by atoms with Crippen LogP contribution < -0.4 is 0 Å². The van der Waals surface area contributed by atoms with Crippen LogP contribution >= 0.6 is 0 Å². The molecule has 2 spiro atoms. The standard InChI is InChI=1S/C54H40/c1-31(2)33-24-26-39-42-30-50-51(40-27-25-34(32(3)4)29-49(40)54(50)45-21-11-7-16-37(45)38-17-8-12-22-46(38)54)41-18-13-23-47(52(41)42)53(48(39)28-33)43-19-9-5-14-35(43)36-15-6-10-20-44(36)53/h5-32H,1-4H3. The molecule has 0 radical (unpaired) electrons. The second-order valence-electron chi connectivity index (χ2n) is 16.7. The molecule has 4 aliphatic rings. The third-order valence-corrected chi connectivity index (χ3v) is 13.7. The maximum absolute atomic E-state index is 2.64. The molecule has 256 valence electrons. The van der Waals surface area contributed by atoms with E-state index in [9.17, 15) is 0 Å². The van der Waals surface area contributed by atoms with Crippen molar-refractivity contribution >= 4 is 10.8 Å². The zero-order valence-electron chi connectivity index (χ0n) is 31.2. The average Bonchev–Trinajstić information content (AvgIpc) is 3.80. The summed E-state index contributed by atoms with van der Waals surface area (Å²) in [5.74, 6) is 0.837. The molecule has 0 bridgehead atoms. The first-order valence-corrected chi connectivity index (χ1v) is 19.7. The summed E-state index contributed by atoms with van der Waals surface area (Å²) >= 11 is 0. The van der Waals surface area contributed by atoms with Crippen LogP contribution in [0.2, 0.25) is 0 Å². The number of hydrogen-bond donors (Lipinski definition) is 0. The summed E-state index contributed by atoms with van der Waals surface area (Å²) in [6, 6.07) is 61.6. The maximum Gasteiger partial charge on any atom is 0.0726 e. The normalized spacial score (nSPS) is 15.3. The van der Waals surface area contributed by atoms with Crippen LogP contribution in [0.3, 0.4) is 0 Å². The molecular weight excluding hydrogens is 649 g/mol. The van der Waals surface area contributed by atoms with E-state index in [4.69, 9.17) is 0 Å². The molecule has 0 heteroatoms. The molecule has 0 saturated heterocycles. The summed E-state index contributed by atoms with van der Waals surface area (Å²) in [6.45, 7) is 9.32. The summed E-state index contributed by atoms with van der Waals surface area (Å²) in [6.07, 6.45) is 0. The molecule has 8 aromatic rings. The van der Waals surface area contributed by atoms with E-state index >= 15 is 0 Å². The fraction of sp³-hybridized carbons (Fsp3) is 0.148. The Balaban J connectivity index is 1.30. The van der Waals surface area contributed by atoms with Gasteiger partial charge in [-0.05, 0) is 129 Å². The van der Waals surface area contributed by atoms with Crippen molar-refractivity contribution in [3.05, 3.63) is 213 Å². The van der Waals surface area contributed by atoms with Crippen LogP contribution in [0, 0.1) is 0 Å². The van der Waals surface area contributed by atoms with Gasteiger partial charge in [-0.15, -0.1) is 0 Å². The molecule has 0 nitrogen and oxygen atoms in total. The van der Waals surface area contributed by atoms with Crippen LogP contribution in [0.4, 0.5) is 0 Å². The maximum atomic E-state index is 2.64. The van der Waals surface area contributed by atoms with Gasteiger partial charge in [0.2, 0.25) is 0 Å². The molecule has 0 N–H and O–H groups in total. The van der Waals surface area contributed by atoms with Gasteiger partial charge >= 0.3 is 0 Å².